The fourth-order valence-electron chi connectivity index (χ4n) is 3.55. The van der Waals surface area contributed by atoms with Crippen molar-refractivity contribution in [3.63, 3.8) is 0 Å². The van der Waals surface area contributed by atoms with Gasteiger partial charge >= 0.3 is 0 Å². The van der Waals surface area contributed by atoms with E-state index in [1.54, 1.807) is 0 Å². The maximum atomic E-state index is 12.4. The molecule has 134 valence electrons. The number of ether oxygens (including phenoxy) is 2. The molecule has 6 heteroatoms. The van der Waals surface area contributed by atoms with E-state index in [9.17, 15) is 9.59 Å². The van der Waals surface area contributed by atoms with Crippen LogP contribution in [0.3, 0.4) is 0 Å². The number of nitrogens with zero attached hydrogens (tertiary/aromatic N) is 1. The lowest BCUT2D eigenvalue weighted by molar-refractivity contribution is -0.136. The highest BCUT2D eigenvalue weighted by molar-refractivity contribution is 5.83. The Labute approximate surface area is 147 Å². The van der Waals surface area contributed by atoms with Crippen LogP contribution in [0.15, 0.2) is 18.2 Å². The monoisotopic (exact) mass is 344 g/mol. The van der Waals surface area contributed by atoms with Crippen LogP contribution in [0, 0.1) is 11.8 Å². The van der Waals surface area contributed by atoms with Crippen LogP contribution in [-0.4, -0.2) is 43.1 Å². The molecule has 2 aliphatic heterocycles. The zero-order valence-electron chi connectivity index (χ0n) is 14.3. The molecular formula is C19H24N2O4. The van der Waals surface area contributed by atoms with Crippen LogP contribution in [-0.2, 0) is 16.0 Å². The van der Waals surface area contributed by atoms with Gasteiger partial charge in [0.05, 0.1) is 5.92 Å². The summed E-state index contributed by atoms with van der Waals surface area (Å²) in [5.41, 5.74) is 1.11. The van der Waals surface area contributed by atoms with E-state index in [-0.39, 0.29) is 30.4 Å². The third-order valence-electron chi connectivity index (χ3n) is 5.18. The number of nitrogens with one attached hydrogen (secondary N) is 1. The lowest BCUT2D eigenvalue weighted by atomic mass is 9.96. The van der Waals surface area contributed by atoms with E-state index >= 15 is 0 Å². The fourth-order valence-corrected chi connectivity index (χ4v) is 3.55. The minimum Gasteiger partial charge on any atom is -0.454 e. The second-order valence-electron chi connectivity index (χ2n) is 7.13. The topological polar surface area (TPSA) is 67.9 Å². The second-order valence-corrected chi connectivity index (χ2v) is 7.13. The van der Waals surface area contributed by atoms with Crippen LogP contribution in [0.2, 0.25) is 0 Å². The fraction of sp³-hybridized carbons (Fsp3) is 0.579. The molecular weight excluding hydrogens is 320 g/mol. The SMILES string of the molecule is O=C(NCCc1ccc2c(c1)OCO2)[C@@H]1CCCN(C(=O)C2CC2)C1. The van der Waals surface area contributed by atoms with Crippen molar-refractivity contribution in [1.29, 1.82) is 0 Å². The van der Waals surface area contributed by atoms with Gasteiger partial charge in [-0.3, -0.25) is 9.59 Å². The molecule has 6 nitrogen and oxygen atoms in total. The van der Waals surface area contributed by atoms with Crippen molar-refractivity contribution >= 4 is 11.8 Å². The summed E-state index contributed by atoms with van der Waals surface area (Å²) in [7, 11) is 0. The van der Waals surface area contributed by atoms with Gasteiger partial charge in [-0.25, -0.2) is 0 Å². The number of likely N-dealkylation sites (tertiary alicyclic amines) is 1. The van der Waals surface area contributed by atoms with Gasteiger partial charge in [-0.2, -0.15) is 0 Å². The van der Waals surface area contributed by atoms with Crippen LogP contribution < -0.4 is 14.8 Å². The lowest BCUT2D eigenvalue weighted by Gasteiger charge is -2.32. The first-order valence-electron chi connectivity index (χ1n) is 9.16. The predicted octanol–water partition coefficient (Wildman–Crippen LogP) is 1.72. The highest BCUT2D eigenvalue weighted by Gasteiger charge is 2.36. The number of benzene rings is 1. The van der Waals surface area contributed by atoms with Gasteiger partial charge in [-0.15, -0.1) is 0 Å². The summed E-state index contributed by atoms with van der Waals surface area (Å²) in [6.45, 7) is 2.24. The van der Waals surface area contributed by atoms with Gasteiger partial charge in [0.1, 0.15) is 0 Å². The van der Waals surface area contributed by atoms with E-state index in [4.69, 9.17) is 9.47 Å². The molecule has 0 radical (unpaired) electrons. The van der Waals surface area contributed by atoms with Crippen molar-refractivity contribution in [3.05, 3.63) is 23.8 Å². The highest BCUT2D eigenvalue weighted by Crippen LogP contribution is 2.33. The molecule has 0 aromatic heterocycles. The van der Waals surface area contributed by atoms with E-state index in [0.29, 0.717) is 13.1 Å². The van der Waals surface area contributed by atoms with Crippen molar-refractivity contribution in [2.24, 2.45) is 11.8 Å². The van der Waals surface area contributed by atoms with Crippen molar-refractivity contribution in [1.82, 2.24) is 10.2 Å². The van der Waals surface area contributed by atoms with Crippen molar-refractivity contribution in [2.75, 3.05) is 26.4 Å². The molecule has 0 unspecified atom stereocenters. The standard InChI is InChI=1S/C19H24N2O4/c22-18(15-2-1-9-21(11-15)19(23)14-4-5-14)20-8-7-13-3-6-16-17(10-13)25-12-24-16/h3,6,10,14-15H,1-2,4-5,7-9,11-12H2,(H,20,22)/t15-/m1/s1. The molecule has 1 saturated heterocycles. The molecule has 4 rings (SSSR count). The van der Waals surface area contributed by atoms with Gasteiger partial charge in [0.25, 0.3) is 0 Å². The van der Waals surface area contributed by atoms with Gasteiger partial charge < -0.3 is 19.7 Å². The number of hydrogen-bond donors (Lipinski definition) is 1. The smallest absolute Gasteiger partial charge is 0.231 e. The minimum atomic E-state index is -0.0757. The Morgan fingerprint density at radius 1 is 1.12 bits per heavy atom. The van der Waals surface area contributed by atoms with Gasteiger partial charge in [0, 0.05) is 25.6 Å². The molecule has 2 fully saturated rings. The Morgan fingerprint density at radius 3 is 2.80 bits per heavy atom. The van der Waals surface area contributed by atoms with Crippen LogP contribution in [0.25, 0.3) is 0 Å². The summed E-state index contributed by atoms with van der Waals surface area (Å²) in [5.74, 6) is 2.01. The first-order valence-corrected chi connectivity index (χ1v) is 9.16. The number of fused-ring (bicyclic) bond motifs is 1. The Balaban J connectivity index is 1.25. The molecule has 3 aliphatic rings. The molecule has 2 amide bonds. The van der Waals surface area contributed by atoms with Crippen molar-refractivity contribution in [2.45, 2.75) is 32.1 Å². The molecule has 1 aliphatic carbocycles. The summed E-state index contributed by atoms with van der Waals surface area (Å²) in [4.78, 5) is 26.5. The van der Waals surface area contributed by atoms with Crippen LogP contribution >= 0.6 is 0 Å². The van der Waals surface area contributed by atoms with Gasteiger partial charge in [-0.1, -0.05) is 6.07 Å². The average Bonchev–Trinajstić information content (AvgIpc) is 3.39. The zero-order chi connectivity index (χ0) is 17.2. The number of rotatable bonds is 5. The number of carbonyl (C=O) groups is 2. The maximum Gasteiger partial charge on any atom is 0.231 e. The quantitative estimate of drug-likeness (QED) is 0.883. The number of amides is 2. The van der Waals surface area contributed by atoms with E-state index in [1.807, 2.05) is 23.1 Å². The van der Waals surface area contributed by atoms with Crippen molar-refractivity contribution in [3.8, 4) is 11.5 Å². The average molecular weight is 344 g/mol. The van der Waals surface area contributed by atoms with Gasteiger partial charge in [0.15, 0.2) is 11.5 Å². The Morgan fingerprint density at radius 2 is 1.96 bits per heavy atom. The van der Waals surface area contributed by atoms with Crippen molar-refractivity contribution < 1.29 is 19.1 Å². The summed E-state index contributed by atoms with van der Waals surface area (Å²) >= 11 is 0. The molecule has 1 N–H and O–H groups in total. The molecule has 1 aromatic rings. The largest absolute Gasteiger partial charge is 0.454 e. The van der Waals surface area contributed by atoms with Gasteiger partial charge in [0.2, 0.25) is 18.6 Å². The van der Waals surface area contributed by atoms with Crippen LogP contribution in [0.1, 0.15) is 31.2 Å². The highest BCUT2D eigenvalue weighted by atomic mass is 16.7. The summed E-state index contributed by atoms with van der Waals surface area (Å²) in [5, 5.41) is 3.02. The zero-order valence-corrected chi connectivity index (χ0v) is 14.3. The van der Waals surface area contributed by atoms with Crippen LogP contribution in [0.4, 0.5) is 0 Å². The second kappa shape index (κ2) is 6.94. The molecule has 1 atom stereocenters. The molecule has 1 saturated carbocycles. The minimum absolute atomic E-state index is 0.0639. The van der Waals surface area contributed by atoms with E-state index < -0.39 is 0 Å². The summed E-state index contributed by atoms with van der Waals surface area (Å²) in [6, 6.07) is 5.86. The molecule has 2 heterocycles. The van der Waals surface area contributed by atoms with Gasteiger partial charge in [-0.05, 0) is 49.8 Å². The Bertz CT molecular complexity index is 671. The van der Waals surface area contributed by atoms with E-state index in [1.165, 1.54) is 0 Å². The first-order chi connectivity index (χ1) is 12.2. The predicted molar refractivity (Wildman–Crippen MR) is 91.3 cm³/mol. The number of carbonyl (C=O) groups excluding carboxylic acids is 2. The summed E-state index contributed by atoms with van der Waals surface area (Å²) in [6.07, 6.45) is 4.56. The Hall–Kier alpha value is -2.24. The summed E-state index contributed by atoms with van der Waals surface area (Å²) < 4.78 is 10.7. The van der Waals surface area contributed by atoms with Crippen LogP contribution in [0.5, 0.6) is 11.5 Å². The number of hydrogen-bond acceptors (Lipinski definition) is 4. The molecule has 25 heavy (non-hydrogen) atoms. The third kappa shape index (κ3) is 3.72. The molecule has 1 aromatic carbocycles. The Kier molecular flexibility index (Phi) is 4.51. The lowest BCUT2D eigenvalue weighted by Crippen LogP contribution is -2.46. The maximum absolute atomic E-state index is 12.4. The van der Waals surface area contributed by atoms with E-state index in [2.05, 4.69) is 5.32 Å². The number of piperidine rings is 1. The first kappa shape index (κ1) is 16.2. The molecule has 0 bridgehead atoms. The molecule has 0 spiro atoms. The third-order valence-corrected chi connectivity index (χ3v) is 5.18. The normalized spacial score (nSPS) is 21.9. The van der Waals surface area contributed by atoms with E-state index in [0.717, 1.165) is 55.7 Å².